The summed E-state index contributed by atoms with van der Waals surface area (Å²) in [5, 5.41) is 0. The van der Waals surface area contributed by atoms with Crippen LogP contribution >= 0.6 is 0 Å². The molecule has 0 unspecified atom stereocenters. The molecule has 0 radical (unpaired) electrons. The molecule has 0 aliphatic carbocycles. The number of rotatable bonds is 6. The summed E-state index contributed by atoms with van der Waals surface area (Å²) in [6.07, 6.45) is 0.693. The van der Waals surface area contributed by atoms with Gasteiger partial charge in [0.1, 0.15) is 0 Å². The highest BCUT2D eigenvalue weighted by molar-refractivity contribution is 7.89. The lowest BCUT2D eigenvalue weighted by molar-refractivity contribution is 0.353. The Labute approximate surface area is 121 Å². The van der Waals surface area contributed by atoms with E-state index in [0.717, 1.165) is 0 Å². The third-order valence-corrected chi connectivity index (χ3v) is 5.11. The largest absolute Gasteiger partial charge is 0.493 e. The first-order valence-electron chi connectivity index (χ1n) is 6.43. The lowest BCUT2D eigenvalue weighted by atomic mass is 10.0. The molecular formula is C14H23NO4S. The van der Waals surface area contributed by atoms with Crippen molar-refractivity contribution in [2.45, 2.75) is 44.6 Å². The van der Waals surface area contributed by atoms with Crippen molar-refractivity contribution in [2.75, 3.05) is 14.2 Å². The predicted octanol–water partition coefficient (Wildman–Crippen LogP) is 2.48. The van der Waals surface area contributed by atoms with Crippen LogP contribution in [0.15, 0.2) is 17.0 Å². The molecule has 0 saturated heterocycles. The highest BCUT2D eigenvalue weighted by atomic mass is 32.2. The summed E-state index contributed by atoms with van der Waals surface area (Å²) in [6.45, 7) is 7.36. The van der Waals surface area contributed by atoms with Crippen LogP contribution in [-0.4, -0.2) is 28.2 Å². The van der Waals surface area contributed by atoms with Crippen LogP contribution in [0.5, 0.6) is 11.5 Å². The van der Waals surface area contributed by atoms with Crippen LogP contribution in [0.2, 0.25) is 0 Å². The molecule has 0 bridgehead atoms. The Balaban J connectivity index is 3.32. The lowest BCUT2D eigenvalue weighted by Crippen LogP contribution is -2.42. The minimum absolute atomic E-state index is 0.205. The first-order chi connectivity index (χ1) is 9.16. The number of ether oxygens (including phenoxy) is 2. The second-order valence-corrected chi connectivity index (χ2v) is 6.97. The van der Waals surface area contributed by atoms with Gasteiger partial charge in [-0.3, -0.25) is 0 Å². The van der Waals surface area contributed by atoms with Crippen LogP contribution in [0.4, 0.5) is 0 Å². The van der Waals surface area contributed by atoms with E-state index in [4.69, 9.17) is 9.47 Å². The molecule has 1 rings (SSSR count). The zero-order chi connectivity index (χ0) is 15.6. The molecule has 0 spiro atoms. The predicted molar refractivity (Wildman–Crippen MR) is 79.0 cm³/mol. The first kappa shape index (κ1) is 16.8. The van der Waals surface area contributed by atoms with Crippen LogP contribution in [0, 0.1) is 6.92 Å². The number of nitrogens with one attached hydrogen (secondary N) is 1. The summed E-state index contributed by atoms with van der Waals surface area (Å²) in [5.41, 5.74) is 0.111. The average molecular weight is 301 g/mol. The second kappa shape index (κ2) is 6.01. The van der Waals surface area contributed by atoms with Crippen molar-refractivity contribution in [2.24, 2.45) is 0 Å². The number of methoxy groups -OCH3 is 2. The summed E-state index contributed by atoms with van der Waals surface area (Å²) in [5.74, 6) is 0.909. The molecular weight excluding hydrogens is 278 g/mol. The Morgan fingerprint density at radius 1 is 1.15 bits per heavy atom. The van der Waals surface area contributed by atoms with Crippen molar-refractivity contribution < 1.29 is 17.9 Å². The minimum atomic E-state index is -3.60. The normalized spacial score (nSPS) is 12.3. The number of hydrogen-bond donors (Lipinski definition) is 1. The van der Waals surface area contributed by atoms with Crippen LogP contribution in [0.1, 0.15) is 32.8 Å². The van der Waals surface area contributed by atoms with Crippen molar-refractivity contribution in [3.05, 3.63) is 17.7 Å². The highest BCUT2D eigenvalue weighted by Crippen LogP contribution is 2.32. The standard InChI is InChI=1S/C14H23NO4S/c1-7-14(3,4)15-20(16,17)13-9-12(19-6)11(18-5)8-10(13)2/h8-9,15H,7H2,1-6H3. The Morgan fingerprint density at radius 2 is 1.65 bits per heavy atom. The molecule has 0 fully saturated rings. The van der Waals surface area contributed by atoms with E-state index in [2.05, 4.69) is 4.72 Å². The quantitative estimate of drug-likeness (QED) is 0.876. The van der Waals surface area contributed by atoms with E-state index >= 15 is 0 Å². The van der Waals surface area contributed by atoms with Crippen molar-refractivity contribution in [1.82, 2.24) is 4.72 Å². The summed E-state index contributed by atoms with van der Waals surface area (Å²) < 4.78 is 38.0. The number of hydrogen-bond acceptors (Lipinski definition) is 4. The van der Waals surface area contributed by atoms with Crippen LogP contribution in [0.3, 0.4) is 0 Å². The Hall–Kier alpha value is -1.27. The molecule has 1 aromatic rings. The SMILES string of the molecule is CCC(C)(C)NS(=O)(=O)c1cc(OC)c(OC)cc1C. The summed E-state index contributed by atoms with van der Waals surface area (Å²) in [6, 6.07) is 3.15. The van der Waals surface area contributed by atoms with Gasteiger partial charge in [-0.05, 0) is 38.8 Å². The van der Waals surface area contributed by atoms with E-state index in [0.29, 0.717) is 23.5 Å². The fourth-order valence-electron chi connectivity index (χ4n) is 1.74. The average Bonchev–Trinajstić information content (AvgIpc) is 2.36. The fraction of sp³-hybridized carbons (Fsp3) is 0.571. The van der Waals surface area contributed by atoms with Gasteiger partial charge in [0.2, 0.25) is 10.0 Å². The monoisotopic (exact) mass is 301 g/mol. The Morgan fingerprint density at radius 3 is 2.10 bits per heavy atom. The van der Waals surface area contributed by atoms with Gasteiger partial charge in [0.15, 0.2) is 11.5 Å². The van der Waals surface area contributed by atoms with Gasteiger partial charge in [-0.2, -0.15) is 0 Å². The molecule has 0 aromatic heterocycles. The number of aryl methyl sites for hydroxylation is 1. The Bertz CT molecular complexity index is 579. The second-order valence-electron chi connectivity index (χ2n) is 5.32. The number of benzene rings is 1. The molecule has 0 atom stereocenters. The summed E-state index contributed by atoms with van der Waals surface area (Å²) in [4.78, 5) is 0.205. The van der Waals surface area contributed by atoms with Gasteiger partial charge in [-0.15, -0.1) is 0 Å². The topological polar surface area (TPSA) is 64.6 Å². The molecule has 1 N–H and O–H groups in total. The maximum atomic E-state index is 12.5. The van der Waals surface area contributed by atoms with Crippen molar-refractivity contribution >= 4 is 10.0 Å². The molecule has 0 aliphatic rings. The smallest absolute Gasteiger partial charge is 0.241 e. The lowest BCUT2D eigenvalue weighted by Gasteiger charge is -2.25. The summed E-state index contributed by atoms with van der Waals surface area (Å²) >= 11 is 0. The Kier molecular flexibility index (Phi) is 5.05. The zero-order valence-corrected chi connectivity index (χ0v) is 13.7. The van der Waals surface area contributed by atoms with Gasteiger partial charge in [0.25, 0.3) is 0 Å². The minimum Gasteiger partial charge on any atom is -0.493 e. The van der Waals surface area contributed by atoms with E-state index in [1.165, 1.54) is 20.3 Å². The third kappa shape index (κ3) is 3.64. The molecule has 0 saturated carbocycles. The maximum absolute atomic E-state index is 12.5. The van der Waals surface area contributed by atoms with Gasteiger partial charge < -0.3 is 9.47 Å². The molecule has 5 nitrogen and oxygen atoms in total. The van der Waals surface area contributed by atoms with Gasteiger partial charge >= 0.3 is 0 Å². The van der Waals surface area contributed by atoms with E-state index in [1.807, 2.05) is 20.8 Å². The van der Waals surface area contributed by atoms with Gasteiger partial charge in [0.05, 0.1) is 19.1 Å². The molecule has 114 valence electrons. The fourth-order valence-corrected chi connectivity index (χ4v) is 3.47. The zero-order valence-electron chi connectivity index (χ0n) is 12.9. The van der Waals surface area contributed by atoms with Gasteiger partial charge in [-0.25, -0.2) is 13.1 Å². The molecule has 0 amide bonds. The van der Waals surface area contributed by atoms with Crippen molar-refractivity contribution in [1.29, 1.82) is 0 Å². The van der Waals surface area contributed by atoms with Crippen LogP contribution in [0.25, 0.3) is 0 Å². The van der Waals surface area contributed by atoms with E-state index in [-0.39, 0.29) is 4.90 Å². The van der Waals surface area contributed by atoms with E-state index < -0.39 is 15.6 Å². The van der Waals surface area contributed by atoms with Gasteiger partial charge in [0, 0.05) is 11.6 Å². The molecule has 6 heteroatoms. The third-order valence-electron chi connectivity index (χ3n) is 3.27. The van der Waals surface area contributed by atoms with Crippen LogP contribution < -0.4 is 14.2 Å². The van der Waals surface area contributed by atoms with E-state index in [9.17, 15) is 8.42 Å². The van der Waals surface area contributed by atoms with Crippen LogP contribution in [-0.2, 0) is 10.0 Å². The van der Waals surface area contributed by atoms with Gasteiger partial charge in [-0.1, -0.05) is 6.92 Å². The highest BCUT2D eigenvalue weighted by Gasteiger charge is 2.27. The van der Waals surface area contributed by atoms with Crippen molar-refractivity contribution in [3.8, 4) is 11.5 Å². The maximum Gasteiger partial charge on any atom is 0.241 e. The van der Waals surface area contributed by atoms with Crippen molar-refractivity contribution in [3.63, 3.8) is 0 Å². The summed E-state index contributed by atoms with van der Waals surface area (Å²) in [7, 11) is -0.607. The molecule has 0 heterocycles. The van der Waals surface area contributed by atoms with E-state index in [1.54, 1.807) is 13.0 Å². The number of sulfonamides is 1. The molecule has 0 aliphatic heterocycles. The first-order valence-corrected chi connectivity index (χ1v) is 7.91. The molecule has 1 aromatic carbocycles. The molecule has 20 heavy (non-hydrogen) atoms.